The van der Waals surface area contributed by atoms with Crippen molar-refractivity contribution in [3.05, 3.63) is 59.0 Å². The largest absolute Gasteiger partial charge is 0.355 e. The molecule has 0 fully saturated rings. The third kappa shape index (κ3) is 6.21. The normalized spacial score (nSPS) is 10.7. The zero-order chi connectivity index (χ0) is 20.5. The van der Waals surface area contributed by atoms with Crippen LogP contribution in [0.25, 0.3) is 10.7 Å². The van der Waals surface area contributed by atoms with Crippen LogP contribution in [0.2, 0.25) is 0 Å². The molecule has 7 nitrogen and oxygen atoms in total. The molecular formula is C20H21FN4O3S. The number of hydrogen-bond acceptors (Lipinski definition) is 6. The van der Waals surface area contributed by atoms with Gasteiger partial charge in [0.15, 0.2) is 0 Å². The summed E-state index contributed by atoms with van der Waals surface area (Å²) in [5, 5.41) is 11.1. The zero-order valence-corrected chi connectivity index (χ0v) is 16.5. The van der Waals surface area contributed by atoms with Gasteiger partial charge in [0.05, 0.1) is 17.0 Å². The van der Waals surface area contributed by atoms with E-state index >= 15 is 0 Å². The Morgan fingerprint density at radius 1 is 1.07 bits per heavy atom. The lowest BCUT2D eigenvalue weighted by Gasteiger charge is -2.07. The predicted molar refractivity (Wildman–Crippen MR) is 107 cm³/mol. The maximum atomic E-state index is 13.5. The number of thiophene rings is 1. The van der Waals surface area contributed by atoms with Gasteiger partial charge in [0.25, 0.3) is 5.91 Å². The van der Waals surface area contributed by atoms with Crippen LogP contribution >= 0.6 is 11.3 Å². The van der Waals surface area contributed by atoms with Crippen LogP contribution in [0, 0.1) is 5.82 Å². The number of unbranched alkanes of at least 4 members (excludes halogenated alkanes) is 2. The van der Waals surface area contributed by atoms with Crippen molar-refractivity contribution < 1.29 is 18.5 Å². The van der Waals surface area contributed by atoms with Crippen molar-refractivity contribution in [1.82, 2.24) is 20.8 Å². The van der Waals surface area contributed by atoms with Crippen LogP contribution in [0.5, 0.6) is 0 Å². The van der Waals surface area contributed by atoms with E-state index in [1.54, 1.807) is 17.4 Å². The fourth-order valence-corrected chi connectivity index (χ4v) is 3.28. The molecule has 152 valence electrons. The Balaban J connectivity index is 1.26. The standard InChI is InChI=1S/C20H21FN4O3S/c21-15-8-4-3-7-14(15)20(27)23-13-17(26)22-11-5-1-2-10-18-24-19(25-28-18)16-9-6-12-29-16/h3-4,6-9,12H,1-2,5,10-11,13H2,(H,22,26)(H,23,27). The molecule has 9 heteroatoms. The number of amides is 2. The Kier molecular flexibility index (Phi) is 7.46. The predicted octanol–water partition coefficient (Wildman–Crippen LogP) is 3.20. The van der Waals surface area contributed by atoms with Gasteiger partial charge in [-0.2, -0.15) is 4.98 Å². The average molecular weight is 416 g/mol. The number of hydrogen-bond donors (Lipinski definition) is 2. The van der Waals surface area contributed by atoms with Crippen LogP contribution < -0.4 is 10.6 Å². The second-order valence-corrected chi connectivity index (χ2v) is 7.26. The van der Waals surface area contributed by atoms with Crippen molar-refractivity contribution in [2.75, 3.05) is 13.1 Å². The van der Waals surface area contributed by atoms with Crippen LogP contribution in [0.1, 0.15) is 35.5 Å². The molecule has 0 radical (unpaired) electrons. The number of carbonyl (C=O) groups is 2. The first kappa shape index (κ1) is 20.7. The van der Waals surface area contributed by atoms with Gasteiger partial charge >= 0.3 is 0 Å². The molecule has 0 bridgehead atoms. The van der Waals surface area contributed by atoms with Gasteiger partial charge in [0, 0.05) is 13.0 Å². The van der Waals surface area contributed by atoms with Crippen molar-refractivity contribution in [3.63, 3.8) is 0 Å². The van der Waals surface area contributed by atoms with E-state index in [1.807, 2.05) is 17.5 Å². The van der Waals surface area contributed by atoms with E-state index in [0.717, 1.165) is 24.1 Å². The van der Waals surface area contributed by atoms with E-state index in [9.17, 15) is 14.0 Å². The highest BCUT2D eigenvalue weighted by Gasteiger charge is 2.12. The van der Waals surface area contributed by atoms with E-state index in [-0.39, 0.29) is 18.0 Å². The molecule has 2 amide bonds. The minimum absolute atomic E-state index is 0.0800. The van der Waals surface area contributed by atoms with E-state index in [1.165, 1.54) is 18.2 Å². The van der Waals surface area contributed by atoms with Crippen molar-refractivity contribution in [2.24, 2.45) is 0 Å². The second kappa shape index (κ2) is 10.5. The van der Waals surface area contributed by atoms with Crippen LogP contribution in [0.3, 0.4) is 0 Å². The summed E-state index contributed by atoms with van der Waals surface area (Å²) in [4.78, 5) is 29.0. The summed E-state index contributed by atoms with van der Waals surface area (Å²) in [6.07, 6.45) is 3.23. The van der Waals surface area contributed by atoms with Crippen LogP contribution in [-0.2, 0) is 11.2 Å². The number of halogens is 1. The lowest BCUT2D eigenvalue weighted by molar-refractivity contribution is -0.120. The van der Waals surface area contributed by atoms with Gasteiger partial charge in [-0.1, -0.05) is 29.8 Å². The molecule has 0 spiro atoms. The van der Waals surface area contributed by atoms with Gasteiger partial charge in [-0.25, -0.2) is 4.39 Å². The van der Waals surface area contributed by atoms with Crippen molar-refractivity contribution in [1.29, 1.82) is 0 Å². The lowest BCUT2D eigenvalue weighted by atomic mass is 10.2. The Morgan fingerprint density at radius 2 is 1.93 bits per heavy atom. The molecule has 1 aromatic carbocycles. The first-order valence-electron chi connectivity index (χ1n) is 9.29. The first-order valence-corrected chi connectivity index (χ1v) is 10.2. The average Bonchev–Trinajstić information content (AvgIpc) is 3.41. The Labute approximate surface area is 171 Å². The van der Waals surface area contributed by atoms with Crippen molar-refractivity contribution in [2.45, 2.75) is 25.7 Å². The molecule has 0 aliphatic heterocycles. The lowest BCUT2D eigenvalue weighted by Crippen LogP contribution is -2.37. The number of benzene rings is 1. The third-order valence-corrected chi connectivity index (χ3v) is 4.99. The molecule has 0 aliphatic rings. The summed E-state index contributed by atoms with van der Waals surface area (Å²) >= 11 is 1.56. The Bertz CT molecular complexity index is 943. The van der Waals surface area contributed by atoms with Crippen LogP contribution in [0.4, 0.5) is 4.39 Å². The number of aryl methyl sites for hydroxylation is 1. The highest BCUT2D eigenvalue weighted by Crippen LogP contribution is 2.21. The maximum Gasteiger partial charge on any atom is 0.254 e. The molecule has 29 heavy (non-hydrogen) atoms. The summed E-state index contributed by atoms with van der Waals surface area (Å²) < 4.78 is 18.7. The molecular weight excluding hydrogens is 395 g/mol. The molecule has 2 heterocycles. The minimum atomic E-state index is -0.617. The summed E-state index contributed by atoms with van der Waals surface area (Å²) in [5.74, 6) is -0.325. The summed E-state index contributed by atoms with van der Waals surface area (Å²) in [6, 6.07) is 9.52. The molecule has 0 aliphatic carbocycles. The fraction of sp³-hybridized carbons (Fsp3) is 0.300. The van der Waals surface area contributed by atoms with Gasteiger partial charge in [0.1, 0.15) is 5.82 Å². The third-order valence-electron chi connectivity index (χ3n) is 4.13. The summed E-state index contributed by atoms with van der Waals surface area (Å²) in [5.41, 5.74) is -0.0800. The molecule has 3 aromatic rings. The van der Waals surface area contributed by atoms with Crippen LogP contribution in [0.15, 0.2) is 46.3 Å². The molecule has 3 rings (SSSR count). The molecule has 0 unspecified atom stereocenters. The molecule has 2 aromatic heterocycles. The van der Waals surface area contributed by atoms with Crippen molar-refractivity contribution in [3.8, 4) is 10.7 Å². The van der Waals surface area contributed by atoms with Gasteiger partial charge in [-0.05, 0) is 36.4 Å². The number of rotatable bonds is 10. The van der Waals surface area contributed by atoms with E-state index in [4.69, 9.17) is 4.52 Å². The minimum Gasteiger partial charge on any atom is -0.355 e. The van der Waals surface area contributed by atoms with Gasteiger partial charge in [0.2, 0.25) is 17.6 Å². The van der Waals surface area contributed by atoms with Gasteiger partial charge < -0.3 is 15.2 Å². The quantitative estimate of drug-likeness (QED) is 0.495. The van der Waals surface area contributed by atoms with E-state index in [0.29, 0.717) is 24.7 Å². The number of aromatic nitrogens is 2. The zero-order valence-electron chi connectivity index (χ0n) is 15.7. The first-order chi connectivity index (χ1) is 14.1. The topological polar surface area (TPSA) is 97.1 Å². The number of nitrogens with zero attached hydrogens (tertiary/aromatic N) is 2. The van der Waals surface area contributed by atoms with E-state index in [2.05, 4.69) is 20.8 Å². The smallest absolute Gasteiger partial charge is 0.254 e. The van der Waals surface area contributed by atoms with E-state index < -0.39 is 11.7 Å². The number of nitrogens with one attached hydrogen (secondary N) is 2. The van der Waals surface area contributed by atoms with Crippen LogP contribution in [-0.4, -0.2) is 35.0 Å². The summed E-state index contributed by atoms with van der Waals surface area (Å²) in [7, 11) is 0. The van der Waals surface area contributed by atoms with Gasteiger partial charge in [-0.15, -0.1) is 11.3 Å². The summed E-state index contributed by atoms with van der Waals surface area (Å²) in [6.45, 7) is 0.305. The highest BCUT2D eigenvalue weighted by atomic mass is 32.1. The molecule has 2 N–H and O–H groups in total. The van der Waals surface area contributed by atoms with Crippen molar-refractivity contribution >= 4 is 23.2 Å². The SMILES string of the molecule is O=C(CNC(=O)c1ccccc1F)NCCCCCc1nc(-c2cccs2)no1. The van der Waals surface area contributed by atoms with Gasteiger partial charge in [-0.3, -0.25) is 9.59 Å². The molecule has 0 atom stereocenters. The Hall–Kier alpha value is -3.07. The monoisotopic (exact) mass is 416 g/mol. The molecule has 0 saturated carbocycles. The molecule has 0 saturated heterocycles. The maximum absolute atomic E-state index is 13.5. The highest BCUT2D eigenvalue weighted by molar-refractivity contribution is 7.13. The fourth-order valence-electron chi connectivity index (χ4n) is 2.63. The Morgan fingerprint density at radius 3 is 2.72 bits per heavy atom. The second-order valence-electron chi connectivity index (χ2n) is 6.31. The number of carbonyl (C=O) groups excluding carboxylic acids is 2.